The number of amides is 1. The molecule has 0 saturated heterocycles. The van der Waals surface area contributed by atoms with Crippen LogP contribution in [0.15, 0.2) is 0 Å². The normalized spacial score (nSPS) is 44.7. The first-order chi connectivity index (χ1) is 16.9. The zero-order chi connectivity index (χ0) is 26.4. The lowest BCUT2D eigenvalue weighted by molar-refractivity contribution is -0.223. The molecule has 4 fully saturated rings. The van der Waals surface area contributed by atoms with Gasteiger partial charge in [-0.2, -0.15) is 0 Å². The fourth-order valence-corrected chi connectivity index (χ4v) is 9.45. The Kier molecular flexibility index (Phi) is 8.14. The van der Waals surface area contributed by atoms with Crippen LogP contribution in [0, 0.1) is 46.3 Å². The Morgan fingerprint density at radius 2 is 1.64 bits per heavy atom. The zero-order valence-electron chi connectivity index (χ0n) is 23.0. The lowest BCUT2D eigenvalue weighted by Gasteiger charge is -2.63. The van der Waals surface area contributed by atoms with Gasteiger partial charge in [0.1, 0.15) is 6.54 Å². The van der Waals surface area contributed by atoms with Crippen molar-refractivity contribution < 1.29 is 29.6 Å². The standard InChI is InChI=1S/C29H49NO6/c1-6-36-24(33)16-30(5)23(32)10-7-17(2)19-8-9-20-25-21(12-14-28(19,20)3)29(4)13-11-18(31)15-22(29)26(34)27(25)35/h17-22,25-27,31,34-35H,6-16H2,1-5H3/t17-,18-,19-,20?,21?,22?,25?,26-,27+,28-,29-/m1/s1. The lowest BCUT2D eigenvalue weighted by atomic mass is 9.43. The Balaban J connectivity index is 1.43. The Bertz CT molecular complexity index is 820. The Labute approximate surface area is 217 Å². The number of aliphatic hydroxyl groups excluding tert-OH is 3. The Morgan fingerprint density at radius 3 is 2.33 bits per heavy atom. The van der Waals surface area contributed by atoms with Crippen molar-refractivity contribution in [3.63, 3.8) is 0 Å². The van der Waals surface area contributed by atoms with Gasteiger partial charge in [0.05, 0.1) is 24.9 Å². The van der Waals surface area contributed by atoms with Gasteiger partial charge >= 0.3 is 5.97 Å². The molecule has 4 unspecified atom stereocenters. The van der Waals surface area contributed by atoms with E-state index in [0.29, 0.717) is 43.1 Å². The summed E-state index contributed by atoms with van der Waals surface area (Å²) in [7, 11) is 1.66. The third-order valence-corrected chi connectivity index (χ3v) is 11.4. The first-order valence-electron chi connectivity index (χ1n) is 14.4. The molecule has 1 amide bonds. The second-order valence-electron chi connectivity index (χ2n) is 13.1. The van der Waals surface area contributed by atoms with Crippen LogP contribution in [0.3, 0.4) is 0 Å². The second kappa shape index (κ2) is 10.5. The van der Waals surface area contributed by atoms with Gasteiger partial charge < -0.3 is 25.0 Å². The fraction of sp³-hybridized carbons (Fsp3) is 0.931. The molecule has 4 aliphatic carbocycles. The highest BCUT2D eigenvalue weighted by Crippen LogP contribution is 2.68. The van der Waals surface area contributed by atoms with Gasteiger partial charge in [-0.1, -0.05) is 20.8 Å². The molecule has 3 N–H and O–H groups in total. The third kappa shape index (κ3) is 4.73. The maximum atomic E-state index is 12.7. The molecule has 7 heteroatoms. The molecule has 0 aromatic carbocycles. The van der Waals surface area contributed by atoms with Crippen molar-refractivity contribution in [3.8, 4) is 0 Å². The summed E-state index contributed by atoms with van der Waals surface area (Å²) in [6, 6.07) is 0. The number of esters is 1. The van der Waals surface area contributed by atoms with Gasteiger partial charge in [-0.15, -0.1) is 0 Å². The summed E-state index contributed by atoms with van der Waals surface area (Å²) in [5, 5.41) is 33.0. The smallest absolute Gasteiger partial charge is 0.325 e. The molecule has 0 spiro atoms. The quantitative estimate of drug-likeness (QED) is 0.456. The van der Waals surface area contributed by atoms with E-state index in [9.17, 15) is 24.9 Å². The molecule has 0 heterocycles. The summed E-state index contributed by atoms with van der Waals surface area (Å²) in [4.78, 5) is 25.9. The van der Waals surface area contributed by atoms with E-state index >= 15 is 0 Å². The SMILES string of the molecule is CCOC(=O)CN(C)C(=O)CC[C@@H](C)[C@H]1CCC2C3C(CC[C@@]21C)[C@@]1(C)CC[C@@H](O)CC1[C@@H](O)[C@H]3O. The lowest BCUT2D eigenvalue weighted by Crippen LogP contribution is -2.64. The number of nitrogens with zero attached hydrogens (tertiary/aromatic N) is 1. The average Bonchev–Trinajstić information content (AvgIpc) is 3.18. The van der Waals surface area contributed by atoms with Crippen molar-refractivity contribution in [2.75, 3.05) is 20.2 Å². The largest absolute Gasteiger partial charge is 0.465 e. The first kappa shape index (κ1) is 27.8. The molecule has 4 aliphatic rings. The molecule has 0 aliphatic heterocycles. The molecule has 7 nitrogen and oxygen atoms in total. The average molecular weight is 508 g/mol. The molecule has 4 saturated carbocycles. The van der Waals surface area contributed by atoms with E-state index in [-0.39, 0.29) is 47.2 Å². The highest BCUT2D eigenvalue weighted by Gasteiger charge is 2.65. The molecule has 0 aromatic heterocycles. The molecule has 36 heavy (non-hydrogen) atoms. The summed E-state index contributed by atoms with van der Waals surface area (Å²) >= 11 is 0. The number of likely N-dealkylation sites (N-methyl/N-ethyl adjacent to an activating group) is 1. The van der Waals surface area contributed by atoms with Crippen LogP contribution < -0.4 is 0 Å². The van der Waals surface area contributed by atoms with Crippen LogP contribution in [0.25, 0.3) is 0 Å². The fourth-order valence-electron chi connectivity index (χ4n) is 9.45. The van der Waals surface area contributed by atoms with Crippen LogP contribution in [0.5, 0.6) is 0 Å². The minimum absolute atomic E-state index is 0.00958. The van der Waals surface area contributed by atoms with Crippen LogP contribution in [0.2, 0.25) is 0 Å². The topological polar surface area (TPSA) is 107 Å². The van der Waals surface area contributed by atoms with E-state index in [0.717, 1.165) is 44.9 Å². The Morgan fingerprint density at radius 1 is 0.972 bits per heavy atom. The van der Waals surface area contributed by atoms with Gasteiger partial charge in [-0.05, 0) is 105 Å². The van der Waals surface area contributed by atoms with Crippen molar-refractivity contribution in [3.05, 3.63) is 0 Å². The van der Waals surface area contributed by atoms with E-state index in [1.807, 2.05) is 0 Å². The number of hydrogen-bond donors (Lipinski definition) is 3. The second-order valence-corrected chi connectivity index (χ2v) is 13.1. The van der Waals surface area contributed by atoms with Crippen molar-refractivity contribution in [2.24, 2.45) is 46.3 Å². The number of hydrogen-bond acceptors (Lipinski definition) is 6. The predicted octanol–water partition coefficient (Wildman–Crippen LogP) is 3.39. The van der Waals surface area contributed by atoms with Crippen molar-refractivity contribution in [1.82, 2.24) is 4.90 Å². The van der Waals surface area contributed by atoms with E-state index in [1.54, 1.807) is 14.0 Å². The minimum atomic E-state index is -0.766. The monoisotopic (exact) mass is 507 g/mol. The van der Waals surface area contributed by atoms with Crippen LogP contribution in [0.1, 0.15) is 85.5 Å². The summed E-state index contributed by atoms with van der Waals surface area (Å²) in [5.74, 6) is 1.28. The number of carbonyl (C=O) groups is 2. The van der Waals surface area contributed by atoms with Gasteiger partial charge in [-0.25, -0.2) is 0 Å². The number of rotatable bonds is 7. The van der Waals surface area contributed by atoms with Gasteiger partial charge in [-0.3, -0.25) is 9.59 Å². The third-order valence-electron chi connectivity index (χ3n) is 11.4. The van der Waals surface area contributed by atoms with Crippen molar-refractivity contribution >= 4 is 11.9 Å². The highest BCUT2D eigenvalue weighted by atomic mass is 16.5. The van der Waals surface area contributed by atoms with Gasteiger partial charge in [0.2, 0.25) is 5.91 Å². The van der Waals surface area contributed by atoms with Crippen LogP contribution >= 0.6 is 0 Å². The maximum Gasteiger partial charge on any atom is 0.325 e. The summed E-state index contributed by atoms with van der Waals surface area (Å²) in [6.07, 6.45) is 6.01. The number of fused-ring (bicyclic) bond motifs is 5. The zero-order valence-corrected chi connectivity index (χ0v) is 23.0. The number of aliphatic hydroxyl groups is 3. The summed E-state index contributed by atoms with van der Waals surface area (Å²) in [6.45, 7) is 9.03. The highest BCUT2D eigenvalue weighted by molar-refractivity contribution is 5.81. The number of carbonyl (C=O) groups excluding carboxylic acids is 2. The molecule has 0 bridgehead atoms. The maximum absolute atomic E-state index is 12.7. The molecular weight excluding hydrogens is 458 g/mol. The number of ether oxygens (including phenoxy) is 1. The van der Waals surface area contributed by atoms with Crippen LogP contribution in [-0.2, 0) is 14.3 Å². The molecule has 4 rings (SSSR count). The Hall–Kier alpha value is -1.18. The van der Waals surface area contributed by atoms with Crippen molar-refractivity contribution in [2.45, 2.75) is 104 Å². The summed E-state index contributed by atoms with van der Waals surface area (Å²) in [5.41, 5.74) is 0.0715. The van der Waals surface area contributed by atoms with Gasteiger partial charge in [0.15, 0.2) is 0 Å². The van der Waals surface area contributed by atoms with E-state index < -0.39 is 12.2 Å². The van der Waals surface area contributed by atoms with Crippen LogP contribution in [0.4, 0.5) is 0 Å². The minimum Gasteiger partial charge on any atom is -0.465 e. The van der Waals surface area contributed by atoms with Gasteiger partial charge in [0.25, 0.3) is 0 Å². The molecule has 0 aromatic rings. The molecule has 0 radical (unpaired) electrons. The molecule has 11 atom stereocenters. The van der Waals surface area contributed by atoms with Gasteiger partial charge in [0, 0.05) is 13.5 Å². The summed E-state index contributed by atoms with van der Waals surface area (Å²) < 4.78 is 4.96. The van der Waals surface area contributed by atoms with Crippen molar-refractivity contribution in [1.29, 1.82) is 0 Å². The predicted molar refractivity (Wildman–Crippen MR) is 137 cm³/mol. The van der Waals surface area contributed by atoms with E-state index in [1.165, 1.54) is 4.90 Å². The molecule has 206 valence electrons. The van der Waals surface area contributed by atoms with E-state index in [4.69, 9.17) is 4.74 Å². The first-order valence-corrected chi connectivity index (χ1v) is 14.4. The molecular formula is C29H49NO6. The van der Waals surface area contributed by atoms with Crippen LogP contribution in [-0.4, -0.2) is 70.6 Å². The van der Waals surface area contributed by atoms with E-state index in [2.05, 4.69) is 20.8 Å².